The topological polar surface area (TPSA) is 102 Å². The van der Waals surface area contributed by atoms with E-state index in [0.717, 1.165) is 32.6 Å². The third-order valence-corrected chi connectivity index (χ3v) is 4.81. The molecule has 1 spiro atoms. The first-order chi connectivity index (χ1) is 10.5. The van der Waals surface area contributed by atoms with E-state index in [2.05, 4.69) is 10.2 Å². The molecule has 0 aromatic heterocycles. The third-order valence-electron chi connectivity index (χ3n) is 4.81. The van der Waals surface area contributed by atoms with Gasteiger partial charge in [-0.15, -0.1) is 12.4 Å². The number of rotatable bonds is 4. The van der Waals surface area contributed by atoms with Crippen LogP contribution >= 0.6 is 12.4 Å². The van der Waals surface area contributed by atoms with Crippen molar-refractivity contribution in [3.05, 3.63) is 39.4 Å². The number of carbonyl (C=O) groups is 1. The normalized spacial score (nSPS) is 23.8. The Morgan fingerprint density at radius 1 is 1.43 bits per heavy atom. The van der Waals surface area contributed by atoms with Gasteiger partial charge < -0.3 is 11.1 Å². The predicted molar refractivity (Wildman–Crippen MR) is 88.7 cm³/mol. The number of primary amides is 1. The molecule has 2 saturated heterocycles. The summed E-state index contributed by atoms with van der Waals surface area (Å²) in [7, 11) is 0. The maximum atomic E-state index is 11.2. The second-order valence-electron chi connectivity index (χ2n) is 6.35. The molecule has 1 unspecified atom stereocenters. The van der Waals surface area contributed by atoms with E-state index in [0.29, 0.717) is 17.5 Å². The molecule has 0 radical (unpaired) electrons. The Bertz CT molecular complexity index is 617. The van der Waals surface area contributed by atoms with Crippen molar-refractivity contribution in [3.63, 3.8) is 0 Å². The minimum absolute atomic E-state index is 0. The SMILES string of the molecule is Cl.NC(=O)c1ccc(CN2CCC3(CCNC3)C2)c([N+](=O)[O-])c1. The third kappa shape index (κ3) is 3.63. The molecule has 0 bridgehead atoms. The highest BCUT2D eigenvalue weighted by Gasteiger charge is 2.40. The van der Waals surface area contributed by atoms with E-state index < -0.39 is 10.8 Å². The lowest BCUT2D eigenvalue weighted by Gasteiger charge is -2.22. The molecule has 8 heteroatoms. The number of hydrogen-bond acceptors (Lipinski definition) is 5. The van der Waals surface area contributed by atoms with Crippen molar-refractivity contribution in [1.82, 2.24) is 10.2 Å². The lowest BCUT2D eigenvalue weighted by Crippen LogP contribution is -2.29. The van der Waals surface area contributed by atoms with E-state index in [4.69, 9.17) is 5.73 Å². The number of likely N-dealkylation sites (tertiary alicyclic amines) is 1. The number of benzene rings is 1. The van der Waals surface area contributed by atoms with E-state index in [9.17, 15) is 14.9 Å². The van der Waals surface area contributed by atoms with Crippen molar-refractivity contribution in [2.45, 2.75) is 19.4 Å². The van der Waals surface area contributed by atoms with Crippen LogP contribution in [0, 0.1) is 15.5 Å². The number of nitro groups is 1. The molecule has 3 rings (SSSR count). The van der Waals surface area contributed by atoms with Gasteiger partial charge in [-0.1, -0.05) is 6.07 Å². The molecule has 7 nitrogen and oxygen atoms in total. The van der Waals surface area contributed by atoms with Gasteiger partial charge in [0.2, 0.25) is 5.91 Å². The first kappa shape index (κ1) is 17.7. The number of amides is 1. The van der Waals surface area contributed by atoms with Gasteiger partial charge in [-0.25, -0.2) is 0 Å². The molecule has 1 aromatic carbocycles. The zero-order chi connectivity index (χ0) is 15.7. The lowest BCUT2D eigenvalue weighted by molar-refractivity contribution is -0.385. The minimum Gasteiger partial charge on any atom is -0.366 e. The summed E-state index contributed by atoms with van der Waals surface area (Å²) in [4.78, 5) is 24.3. The van der Waals surface area contributed by atoms with E-state index in [1.807, 2.05) is 0 Å². The molecule has 1 amide bonds. The second kappa shape index (κ2) is 6.82. The summed E-state index contributed by atoms with van der Waals surface area (Å²) < 4.78 is 0. The van der Waals surface area contributed by atoms with Crippen LogP contribution in [0.15, 0.2) is 18.2 Å². The molecule has 2 aliphatic heterocycles. The quantitative estimate of drug-likeness (QED) is 0.635. The maximum absolute atomic E-state index is 11.2. The van der Waals surface area contributed by atoms with Gasteiger partial charge in [0.05, 0.1) is 4.92 Å². The number of nitrogens with zero attached hydrogens (tertiary/aromatic N) is 2. The summed E-state index contributed by atoms with van der Waals surface area (Å²) in [6.07, 6.45) is 2.30. The van der Waals surface area contributed by atoms with Gasteiger partial charge in [0, 0.05) is 36.8 Å². The number of halogens is 1. The molecule has 2 fully saturated rings. The molecular formula is C15H21ClN4O3. The molecule has 126 valence electrons. The fourth-order valence-electron chi connectivity index (χ4n) is 3.57. The Morgan fingerprint density at radius 3 is 2.83 bits per heavy atom. The van der Waals surface area contributed by atoms with Gasteiger partial charge in [-0.2, -0.15) is 0 Å². The molecule has 2 aliphatic rings. The minimum atomic E-state index is -0.646. The number of nitro benzene ring substituents is 1. The van der Waals surface area contributed by atoms with Crippen molar-refractivity contribution in [2.24, 2.45) is 11.1 Å². The number of hydrogen-bond donors (Lipinski definition) is 2. The first-order valence-electron chi connectivity index (χ1n) is 7.49. The predicted octanol–water partition coefficient (Wildman–Crippen LogP) is 1.30. The van der Waals surface area contributed by atoms with Crippen molar-refractivity contribution in [1.29, 1.82) is 0 Å². The van der Waals surface area contributed by atoms with Crippen LogP contribution in [-0.4, -0.2) is 41.9 Å². The fourth-order valence-corrected chi connectivity index (χ4v) is 3.57. The number of nitrogens with two attached hydrogens (primary N) is 1. The second-order valence-corrected chi connectivity index (χ2v) is 6.35. The van der Waals surface area contributed by atoms with Gasteiger partial charge in [0.1, 0.15) is 0 Å². The Balaban J connectivity index is 0.00000192. The average Bonchev–Trinajstić information content (AvgIpc) is 3.09. The molecular weight excluding hydrogens is 320 g/mol. The van der Waals surface area contributed by atoms with Crippen LogP contribution in [0.4, 0.5) is 5.69 Å². The van der Waals surface area contributed by atoms with E-state index in [1.165, 1.54) is 12.5 Å². The maximum Gasteiger partial charge on any atom is 0.274 e. The summed E-state index contributed by atoms with van der Waals surface area (Å²) in [6.45, 7) is 4.55. The molecule has 3 N–H and O–H groups in total. The smallest absolute Gasteiger partial charge is 0.274 e. The summed E-state index contributed by atoms with van der Waals surface area (Å²) in [6, 6.07) is 4.49. The highest BCUT2D eigenvalue weighted by atomic mass is 35.5. The van der Waals surface area contributed by atoms with Crippen molar-refractivity contribution in [2.75, 3.05) is 26.2 Å². The summed E-state index contributed by atoms with van der Waals surface area (Å²) in [5, 5.41) is 14.6. The Hall–Kier alpha value is -1.70. The Kier molecular flexibility index (Phi) is 5.23. The van der Waals surface area contributed by atoms with Gasteiger partial charge in [0.15, 0.2) is 0 Å². The monoisotopic (exact) mass is 340 g/mol. The number of carbonyl (C=O) groups excluding carboxylic acids is 1. The van der Waals surface area contributed by atoms with Crippen molar-refractivity contribution in [3.8, 4) is 0 Å². The Morgan fingerprint density at radius 2 is 2.22 bits per heavy atom. The van der Waals surface area contributed by atoms with Crippen LogP contribution in [0.1, 0.15) is 28.8 Å². The number of nitrogens with one attached hydrogen (secondary N) is 1. The van der Waals surface area contributed by atoms with Crippen LogP contribution in [0.25, 0.3) is 0 Å². The van der Waals surface area contributed by atoms with Gasteiger partial charge in [-0.3, -0.25) is 19.8 Å². The van der Waals surface area contributed by atoms with Gasteiger partial charge in [0.25, 0.3) is 5.69 Å². The summed E-state index contributed by atoms with van der Waals surface area (Å²) in [5.41, 5.74) is 6.32. The van der Waals surface area contributed by atoms with E-state index in [-0.39, 0.29) is 23.7 Å². The van der Waals surface area contributed by atoms with Crippen LogP contribution < -0.4 is 11.1 Å². The van der Waals surface area contributed by atoms with Crippen LogP contribution in [0.3, 0.4) is 0 Å². The molecule has 2 heterocycles. The largest absolute Gasteiger partial charge is 0.366 e. The van der Waals surface area contributed by atoms with Gasteiger partial charge in [-0.05, 0) is 37.4 Å². The zero-order valence-electron chi connectivity index (χ0n) is 12.8. The average molecular weight is 341 g/mol. The molecule has 23 heavy (non-hydrogen) atoms. The van der Waals surface area contributed by atoms with Crippen molar-refractivity contribution >= 4 is 24.0 Å². The molecule has 1 atom stereocenters. The standard InChI is InChI=1S/C15H20N4O3.ClH/c16-14(20)11-1-2-12(13(7-11)19(21)22)8-18-6-4-15(10-18)3-5-17-9-15;/h1-2,7,17H,3-6,8-10H2,(H2,16,20);1H. The van der Waals surface area contributed by atoms with Crippen molar-refractivity contribution < 1.29 is 9.72 Å². The molecule has 1 aromatic rings. The van der Waals surface area contributed by atoms with Gasteiger partial charge >= 0.3 is 0 Å². The highest BCUT2D eigenvalue weighted by molar-refractivity contribution is 5.93. The van der Waals surface area contributed by atoms with Crippen LogP contribution in [-0.2, 0) is 6.54 Å². The highest BCUT2D eigenvalue weighted by Crippen LogP contribution is 2.37. The summed E-state index contributed by atoms with van der Waals surface area (Å²) >= 11 is 0. The first-order valence-corrected chi connectivity index (χ1v) is 7.49. The zero-order valence-corrected chi connectivity index (χ0v) is 13.6. The van der Waals surface area contributed by atoms with E-state index >= 15 is 0 Å². The molecule has 0 saturated carbocycles. The van der Waals surface area contributed by atoms with E-state index in [1.54, 1.807) is 12.1 Å². The molecule has 0 aliphatic carbocycles. The fraction of sp³-hybridized carbons (Fsp3) is 0.533. The lowest BCUT2D eigenvalue weighted by atomic mass is 9.86. The van der Waals surface area contributed by atoms with Crippen LogP contribution in [0.2, 0.25) is 0 Å². The van der Waals surface area contributed by atoms with Crippen LogP contribution in [0.5, 0.6) is 0 Å². The Labute approximate surface area is 140 Å². The summed E-state index contributed by atoms with van der Waals surface area (Å²) in [5.74, 6) is -0.646.